The quantitative estimate of drug-likeness (QED) is 0.884. The zero-order valence-corrected chi connectivity index (χ0v) is 12.8. The van der Waals surface area contributed by atoms with Gasteiger partial charge in [-0.1, -0.05) is 20.8 Å². The fraction of sp³-hybridized carbons (Fsp3) is 0.733. The number of aliphatic hydroxyl groups is 1. The molecule has 0 bridgehead atoms. The van der Waals surface area contributed by atoms with Gasteiger partial charge in [0.2, 0.25) is 0 Å². The van der Waals surface area contributed by atoms with Crippen LogP contribution in [0.2, 0.25) is 0 Å². The van der Waals surface area contributed by atoms with Crippen molar-refractivity contribution in [2.24, 2.45) is 5.92 Å². The Bertz CT molecular complexity index is 454. The van der Waals surface area contributed by atoms with Gasteiger partial charge in [-0.2, -0.15) is 0 Å². The molecule has 0 aromatic carbocycles. The van der Waals surface area contributed by atoms with Gasteiger partial charge >= 0.3 is 0 Å². The molecule has 0 aliphatic carbocycles. The molecule has 0 spiro atoms. The van der Waals surface area contributed by atoms with E-state index in [1.54, 1.807) is 0 Å². The lowest BCUT2D eigenvalue weighted by Crippen LogP contribution is -2.37. The third-order valence-corrected chi connectivity index (χ3v) is 3.78. The molecule has 1 aromatic rings. The summed E-state index contributed by atoms with van der Waals surface area (Å²) in [6.45, 7) is 8.49. The van der Waals surface area contributed by atoms with Crippen molar-refractivity contribution in [1.82, 2.24) is 9.97 Å². The second-order valence-corrected chi connectivity index (χ2v) is 6.69. The Morgan fingerprint density at radius 3 is 2.80 bits per heavy atom. The standard InChI is InChI=1S/C15H26N4O/c1-15(2,3)14-17-12(16)9-13(18-14)19-7-4-5-11(10-19)6-8-20/h9,11,20H,4-8,10H2,1-3H3,(H2,16,17,18). The van der Waals surface area contributed by atoms with Crippen LogP contribution < -0.4 is 10.6 Å². The molecule has 1 saturated heterocycles. The van der Waals surface area contributed by atoms with Crippen molar-refractivity contribution in [3.05, 3.63) is 11.9 Å². The van der Waals surface area contributed by atoms with Gasteiger partial charge in [-0.25, -0.2) is 9.97 Å². The van der Waals surface area contributed by atoms with E-state index in [0.717, 1.165) is 37.6 Å². The molecule has 20 heavy (non-hydrogen) atoms. The van der Waals surface area contributed by atoms with Crippen LogP contribution in [-0.2, 0) is 5.41 Å². The first-order valence-electron chi connectivity index (χ1n) is 7.41. The average Bonchev–Trinajstić information content (AvgIpc) is 2.38. The van der Waals surface area contributed by atoms with E-state index in [0.29, 0.717) is 11.7 Å². The molecule has 2 rings (SSSR count). The maximum absolute atomic E-state index is 9.11. The third-order valence-electron chi connectivity index (χ3n) is 3.78. The van der Waals surface area contributed by atoms with E-state index < -0.39 is 0 Å². The Kier molecular flexibility index (Phi) is 4.48. The number of rotatable bonds is 3. The molecule has 2 heterocycles. The Morgan fingerprint density at radius 1 is 1.40 bits per heavy atom. The van der Waals surface area contributed by atoms with Crippen molar-refractivity contribution in [2.75, 3.05) is 30.3 Å². The van der Waals surface area contributed by atoms with Crippen LogP contribution in [0.25, 0.3) is 0 Å². The number of nitrogen functional groups attached to an aromatic ring is 1. The first-order chi connectivity index (χ1) is 9.40. The first kappa shape index (κ1) is 15.0. The van der Waals surface area contributed by atoms with Gasteiger partial charge in [0.25, 0.3) is 0 Å². The van der Waals surface area contributed by atoms with Crippen molar-refractivity contribution in [2.45, 2.75) is 45.4 Å². The Balaban J connectivity index is 2.21. The lowest BCUT2D eigenvalue weighted by atomic mass is 9.94. The van der Waals surface area contributed by atoms with E-state index in [1.807, 2.05) is 6.07 Å². The molecular weight excluding hydrogens is 252 g/mol. The number of piperidine rings is 1. The summed E-state index contributed by atoms with van der Waals surface area (Å²) in [5.41, 5.74) is 5.83. The summed E-state index contributed by atoms with van der Waals surface area (Å²) in [7, 11) is 0. The molecule has 1 aromatic heterocycles. The topological polar surface area (TPSA) is 75.3 Å². The summed E-state index contributed by atoms with van der Waals surface area (Å²) in [6.07, 6.45) is 3.19. The number of aliphatic hydroxyl groups excluding tert-OH is 1. The second-order valence-electron chi connectivity index (χ2n) is 6.69. The van der Waals surface area contributed by atoms with Gasteiger partial charge in [0, 0.05) is 31.2 Å². The average molecular weight is 278 g/mol. The predicted octanol–water partition coefficient (Wildman–Crippen LogP) is 1.96. The molecule has 1 fully saturated rings. The second kappa shape index (κ2) is 5.95. The molecule has 112 valence electrons. The van der Waals surface area contributed by atoms with Crippen LogP contribution in [0, 0.1) is 5.92 Å². The summed E-state index contributed by atoms with van der Waals surface area (Å²) in [6, 6.07) is 1.86. The molecule has 0 amide bonds. The zero-order valence-electron chi connectivity index (χ0n) is 12.8. The Hall–Kier alpha value is -1.36. The molecule has 3 N–H and O–H groups in total. The van der Waals surface area contributed by atoms with Crippen LogP contribution in [0.1, 0.15) is 45.9 Å². The van der Waals surface area contributed by atoms with Gasteiger partial charge < -0.3 is 15.7 Å². The molecular formula is C15H26N4O. The van der Waals surface area contributed by atoms with Crippen LogP contribution in [0.3, 0.4) is 0 Å². The minimum Gasteiger partial charge on any atom is -0.396 e. The van der Waals surface area contributed by atoms with E-state index in [-0.39, 0.29) is 12.0 Å². The predicted molar refractivity (Wildman–Crippen MR) is 81.8 cm³/mol. The van der Waals surface area contributed by atoms with Crippen molar-refractivity contribution in [3.8, 4) is 0 Å². The van der Waals surface area contributed by atoms with E-state index >= 15 is 0 Å². The van der Waals surface area contributed by atoms with Gasteiger partial charge in [-0.15, -0.1) is 0 Å². The van der Waals surface area contributed by atoms with E-state index in [2.05, 4.69) is 30.7 Å². The van der Waals surface area contributed by atoms with E-state index in [9.17, 15) is 0 Å². The number of anilines is 2. The fourth-order valence-electron chi connectivity index (χ4n) is 2.64. The van der Waals surface area contributed by atoms with Crippen molar-refractivity contribution in [1.29, 1.82) is 0 Å². The lowest BCUT2D eigenvalue weighted by molar-refractivity contribution is 0.244. The molecule has 0 radical (unpaired) electrons. The smallest absolute Gasteiger partial charge is 0.138 e. The highest BCUT2D eigenvalue weighted by atomic mass is 16.3. The molecule has 1 aliphatic rings. The van der Waals surface area contributed by atoms with Gasteiger partial charge in [0.15, 0.2) is 0 Å². The number of aromatic nitrogens is 2. The molecule has 5 nitrogen and oxygen atoms in total. The highest BCUT2D eigenvalue weighted by molar-refractivity contribution is 5.48. The summed E-state index contributed by atoms with van der Waals surface area (Å²) >= 11 is 0. The summed E-state index contributed by atoms with van der Waals surface area (Å²) in [4.78, 5) is 11.3. The largest absolute Gasteiger partial charge is 0.396 e. The van der Waals surface area contributed by atoms with Gasteiger partial charge in [-0.05, 0) is 25.2 Å². The van der Waals surface area contributed by atoms with Crippen LogP contribution in [0.15, 0.2) is 6.07 Å². The maximum Gasteiger partial charge on any atom is 0.138 e. The van der Waals surface area contributed by atoms with Crippen molar-refractivity contribution >= 4 is 11.6 Å². The number of nitrogens with zero attached hydrogens (tertiary/aromatic N) is 3. The van der Waals surface area contributed by atoms with Crippen molar-refractivity contribution < 1.29 is 5.11 Å². The monoisotopic (exact) mass is 278 g/mol. The molecule has 1 unspecified atom stereocenters. The fourth-order valence-corrected chi connectivity index (χ4v) is 2.64. The summed E-state index contributed by atoms with van der Waals surface area (Å²) < 4.78 is 0. The van der Waals surface area contributed by atoms with Crippen LogP contribution in [0.5, 0.6) is 0 Å². The molecule has 1 atom stereocenters. The first-order valence-corrected chi connectivity index (χ1v) is 7.41. The number of hydrogen-bond acceptors (Lipinski definition) is 5. The van der Waals surface area contributed by atoms with Crippen molar-refractivity contribution in [3.63, 3.8) is 0 Å². The Labute approximate surface area is 121 Å². The highest BCUT2D eigenvalue weighted by Crippen LogP contribution is 2.27. The SMILES string of the molecule is CC(C)(C)c1nc(N)cc(N2CCCC(CCO)C2)n1. The minimum atomic E-state index is -0.107. The summed E-state index contributed by atoms with van der Waals surface area (Å²) in [5, 5.41) is 9.11. The van der Waals surface area contributed by atoms with Gasteiger partial charge in [0.1, 0.15) is 17.5 Å². The number of nitrogens with two attached hydrogens (primary N) is 1. The third kappa shape index (κ3) is 3.60. The minimum absolute atomic E-state index is 0.107. The lowest BCUT2D eigenvalue weighted by Gasteiger charge is -2.34. The highest BCUT2D eigenvalue weighted by Gasteiger charge is 2.24. The Morgan fingerprint density at radius 2 is 2.15 bits per heavy atom. The van der Waals surface area contributed by atoms with Gasteiger partial charge in [0.05, 0.1) is 0 Å². The van der Waals surface area contributed by atoms with Crippen LogP contribution in [0.4, 0.5) is 11.6 Å². The van der Waals surface area contributed by atoms with Crippen LogP contribution in [-0.4, -0.2) is 34.8 Å². The number of hydrogen-bond donors (Lipinski definition) is 2. The van der Waals surface area contributed by atoms with Crippen LogP contribution >= 0.6 is 0 Å². The zero-order chi connectivity index (χ0) is 14.8. The maximum atomic E-state index is 9.11. The van der Waals surface area contributed by atoms with Gasteiger partial charge in [-0.3, -0.25) is 0 Å². The molecule has 1 aliphatic heterocycles. The molecule has 0 saturated carbocycles. The molecule has 5 heteroatoms. The van der Waals surface area contributed by atoms with E-state index in [1.165, 1.54) is 6.42 Å². The van der Waals surface area contributed by atoms with E-state index in [4.69, 9.17) is 15.8 Å². The summed E-state index contributed by atoms with van der Waals surface area (Å²) in [5.74, 6) is 2.79. The normalized spacial score (nSPS) is 20.2.